The Morgan fingerprint density at radius 1 is 1.00 bits per heavy atom. The molecule has 0 spiro atoms. The highest BCUT2D eigenvalue weighted by Gasteiger charge is 2.09. The minimum Gasteiger partial charge on any atom is -0.339 e. The van der Waals surface area contributed by atoms with Crippen LogP contribution in [0.3, 0.4) is 0 Å². The molecule has 134 valence electrons. The Morgan fingerprint density at radius 2 is 1.78 bits per heavy atom. The lowest BCUT2D eigenvalue weighted by Gasteiger charge is -2.09. The molecule has 0 saturated heterocycles. The molecule has 0 aliphatic rings. The Balaban J connectivity index is 1.65. The zero-order valence-electron chi connectivity index (χ0n) is 15.1. The van der Waals surface area contributed by atoms with Gasteiger partial charge in [0, 0.05) is 11.4 Å². The number of hydrogen-bond donors (Lipinski definition) is 2. The van der Waals surface area contributed by atoms with Gasteiger partial charge in [0.2, 0.25) is 0 Å². The van der Waals surface area contributed by atoms with Crippen molar-refractivity contribution in [2.75, 3.05) is 10.6 Å². The van der Waals surface area contributed by atoms with Crippen molar-refractivity contribution in [2.45, 2.75) is 19.8 Å². The highest BCUT2D eigenvalue weighted by atomic mass is 16.1. The maximum Gasteiger partial charge on any atom is 0.276 e. The van der Waals surface area contributed by atoms with Gasteiger partial charge in [-0.1, -0.05) is 32.0 Å². The number of carbonyl (C=O) groups excluding carboxylic acids is 1. The van der Waals surface area contributed by atoms with Crippen LogP contribution >= 0.6 is 0 Å². The van der Waals surface area contributed by atoms with Crippen LogP contribution in [-0.2, 0) is 0 Å². The monoisotopic (exact) mass is 357 g/mol. The molecule has 0 atom stereocenters. The highest BCUT2D eigenvalue weighted by Crippen LogP contribution is 2.19. The molecule has 3 rings (SSSR count). The van der Waals surface area contributed by atoms with Crippen molar-refractivity contribution in [3.05, 3.63) is 77.5 Å². The Morgan fingerprint density at radius 3 is 2.41 bits per heavy atom. The van der Waals surface area contributed by atoms with E-state index in [9.17, 15) is 4.79 Å². The molecule has 0 bridgehead atoms. The molecule has 0 radical (unpaired) electrons. The molecule has 0 fully saturated rings. The van der Waals surface area contributed by atoms with E-state index in [0.29, 0.717) is 23.0 Å². The van der Waals surface area contributed by atoms with Gasteiger partial charge in [-0.25, -0.2) is 0 Å². The van der Waals surface area contributed by atoms with Crippen LogP contribution in [0.15, 0.2) is 60.7 Å². The summed E-state index contributed by atoms with van der Waals surface area (Å²) in [5.41, 5.74) is 3.37. The lowest BCUT2D eigenvalue weighted by molar-refractivity contribution is 0.102. The molecule has 2 N–H and O–H groups in total. The van der Waals surface area contributed by atoms with Crippen LogP contribution in [0, 0.1) is 11.3 Å². The van der Waals surface area contributed by atoms with E-state index in [1.54, 1.807) is 36.4 Å². The van der Waals surface area contributed by atoms with E-state index >= 15 is 0 Å². The first kappa shape index (κ1) is 18.1. The molecular formula is C21H19N5O. The van der Waals surface area contributed by atoms with Crippen molar-refractivity contribution in [2.24, 2.45) is 0 Å². The van der Waals surface area contributed by atoms with Crippen LogP contribution in [0.5, 0.6) is 0 Å². The van der Waals surface area contributed by atoms with Crippen molar-refractivity contribution in [3.8, 4) is 6.07 Å². The predicted octanol–water partition coefficient (Wildman–Crippen LogP) is 4.47. The summed E-state index contributed by atoms with van der Waals surface area (Å²) < 4.78 is 0. The quantitative estimate of drug-likeness (QED) is 0.703. The fourth-order valence-corrected chi connectivity index (χ4v) is 2.48. The summed E-state index contributed by atoms with van der Waals surface area (Å²) in [4.78, 5) is 12.3. The third-order valence-corrected chi connectivity index (χ3v) is 4.00. The van der Waals surface area contributed by atoms with Crippen molar-refractivity contribution in [1.29, 1.82) is 5.26 Å². The zero-order chi connectivity index (χ0) is 19.2. The summed E-state index contributed by atoms with van der Waals surface area (Å²) >= 11 is 0. The molecule has 0 unspecified atom stereocenters. The summed E-state index contributed by atoms with van der Waals surface area (Å²) in [5.74, 6) is 0.645. The lowest BCUT2D eigenvalue weighted by Crippen LogP contribution is -2.14. The summed E-state index contributed by atoms with van der Waals surface area (Å²) in [7, 11) is 0. The van der Waals surface area contributed by atoms with Gasteiger partial charge in [0.15, 0.2) is 11.5 Å². The van der Waals surface area contributed by atoms with Crippen LogP contribution in [0.4, 0.5) is 17.2 Å². The van der Waals surface area contributed by atoms with E-state index in [2.05, 4.69) is 46.8 Å². The number of anilines is 3. The molecule has 1 heterocycles. The van der Waals surface area contributed by atoms with E-state index in [1.165, 1.54) is 5.56 Å². The first-order valence-electron chi connectivity index (χ1n) is 8.57. The number of nitrogens with zero attached hydrogens (tertiary/aromatic N) is 3. The van der Waals surface area contributed by atoms with Crippen LogP contribution in [0.25, 0.3) is 0 Å². The molecule has 1 amide bonds. The molecule has 0 aliphatic heterocycles. The van der Waals surface area contributed by atoms with Crippen molar-refractivity contribution in [1.82, 2.24) is 10.2 Å². The molecule has 3 aromatic rings. The van der Waals surface area contributed by atoms with Gasteiger partial charge >= 0.3 is 0 Å². The fraction of sp³-hybridized carbons (Fsp3) is 0.143. The van der Waals surface area contributed by atoms with Crippen molar-refractivity contribution in [3.63, 3.8) is 0 Å². The molecule has 6 heteroatoms. The summed E-state index contributed by atoms with van der Waals surface area (Å²) in [6.45, 7) is 4.29. The zero-order valence-corrected chi connectivity index (χ0v) is 15.1. The van der Waals surface area contributed by atoms with E-state index in [-0.39, 0.29) is 11.6 Å². The standard InChI is InChI=1S/C21H19N5O/c1-14(2)16-6-8-17(9-7-16)23-20-11-10-19(25-26-20)21(27)24-18-5-3-4-15(12-18)13-22/h3-12,14H,1-2H3,(H,23,26)(H,24,27). The van der Waals surface area contributed by atoms with Gasteiger partial charge in [-0.05, 0) is 53.9 Å². The second-order valence-corrected chi connectivity index (χ2v) is 6.35. The number of carbonyl (C=O) groups is 1. The predicted molar refractivity (Wildman–Crippen MR) is 105 cm³/mol. The minimum atomic E-state index is -0.384. The second-order valence-electron chi connectivity index (χ2n) is 6.35. The van der Waals surface area contributed by atoms with E-state index in [1.807, 2.05) is 18.2 Å². The third kappa shape index (κ3) is 4.67. The van der Waals surface area contributed by atoms with Crippen LogP contribution in [-0.4, -0.2) is 16.1 Å². The first-order valence-corrected chi connectivity index (χ1v) is 8.57. The Kier molecular flexibility index (Phi) is 5.43. The molecule has 2 aromatic carbocycles. The molecule has 0 aliphatic carbocycles. The average molecular weight is 357 g/mol. The Bertz CT molecular complexity index is 973. The number of amides is 1. The normalized spacial score (nSPS) is 10.3. The van der Waals surface area contributed by atoms with Crippen LogP contribution in [0.1, 0.15) is 41.4 Å². The number of rotatable bonds is 5. The number of nitrogens with one attached hydrogen (secondary N) is 2. The third-order valence-electron chi connectivity index (χ3n) is 4.00. The minimum absolute atomic E-state index is 0.193. The number of aromatic nitrogens is 2. The SMILES string of the molecule is CC(C)c1ccc(Nc2ccc(C(=O)Nc3cccc(C#N)c3)nn2)cc1. The maximum atomic E-state index is 12.3. The van der Waals surface area contributed by atoms with Gasteiger partial charge in [-0.3, -0.25) is 4.79 Å². The van der Waals surface area contributed by atoms with Gasteiger partial charge in [-0.15, -0.1) is 10.2 Å². The Hall–Kier alpha value is -3.72. The van der Waals surface area contributed by atoms with Gasteiger partial charge < -0.3 is 10.6 Å². The van der Waals surface area contributed by atoms with E-state index in [0.717, 1.165) is 5.69 Å². The summed E-state index contributed by atoms with van der Waals surface area (Å²) in [6.07, 6.45) is 0. The fourth-order valence-electron chi connectivity index (χ4n) is 2.48. The highest BCUT2D eigenvalue weighted by molar-refractivity contribution is 6.02. The number of nitriles is 1. The molecular weight excluding hydrogens is 338 g/mol. The first-order chi connectivity index (χ1) is 13.0. The van der Waals surface area contributed by atoms with Crippen LogP contribution < -0.4 is 10.6 Å². The second kappa shape index (κ2) is 8.11. The molecule has 6 nitrogen and oxygen atoms in total. The van der Waals surface area contributed by atoms with Gasteiger partial charge in [0.1, 0.15) is 0 Å². The average Bonchev–Trinajstić information content (AvgIpc) is 2.69. The number of benzene rings is 2. The largest absolute Gasteiger partial charge is 0.339 e. The van der Waals surface area contributed by atoms with Gasteiger partial charge in [-0.2, -0.15) is 5.26 Å². The van der Waals surface area contributed by atoms with Gasteiger partial charge in [0.25, 0.3) is 5.91 Å². The molecule has 1 aromatic heterocycles. The summed E-state index contributed by atoms with van der Waals surface area (Å²) in [5, 5.41) is 22.8. The lowest BCUT2D eigenvalue weighted by atomic mass is 10.0. The summed E-state index contributed by atoms with van der Waals surface area (Å²) in [6, 6.07) is 20.1. The van der Waals surface area contributed by atoms with Crippen molar-refractivity contribution < 1.29 is 4.79 Å². The molecule has 27 heavy (non-hydrogen) atoms. The topological polar surface area (TPSA) is 90.7 Å². The van der Waals surface area contributed by atoms with Gasteiger partial charge in [0.05, 0.1) is 11.6 Å². The van der Waals surface area contributed by atoms with E-state index < -0.39 is 0 Å². The Labute approximate surface area is 157 Å². The van der Waals surface area contributed by atoms with Crippen LogP contribution in [0.2, 0.25) is 0 Å². The van der Waals surface area contributed by atoms with Crippen molar-refractivity contribution >= 4 is 23.1 Å². The maximum absolute atomic E-state index is 12.3. The molecule has 0 saturated carbocycles. The smallest absolute Gasteiger partial charge is 0.276 e. The van der Waals surface area contributed by atoms with E-state index in [4.69, 9.17) is 5.26 Å². The number of hydrogen-bond acceptors (Lipinski definition) is 5.